The molecule has 1 aromatic carbocycles. The minimum atomic E-state index is -4.68. The van der Waals surface area contributed by atoms with Gasteiger partial charge >= 0.3 is 6.18 Å². The average molecular weight is 334 g/mol. The predicted molar refractivity (Wildman–Crippen MR) is 81.7 cm³/mol. The molecule has 0 aliphatic carbocycles. The molecule has 0 saturated carbocycles. The van der Waals surface area contributed by atoms with Crippen LogP contribution in [0.1, 0.15) is 23.6 Å². The number of rotatable bonds is 3. The van der Waals surface area contributed by atoms with Gasteiger partial charge in [0.1, 0.15) is 0 Å². The van der Waals surface area contributed by atoms with Crippen molar-refractivity contribution in [3.8, 4) is 6.07 Å². The molecular formula is C16H13F3N4O. The van der Waals surface area contributed by atoms with Crippen molar-refractivity contribution in [1.82, 2.24) is 9.78 Å². The van der Waals surface area contributed by atoms with Crippen LogP contribution in [0, 0.1) is 18.3 Å². The topological polar surface area (TPSA) is 70.7 Å². The molecule has 0 spiro atoms. The summed E-state index contributed by atoms with van der Waals surface area (Å²) in [5, 5.41) is 15.1. The Labute approximate surface area is 136 Å². The fraction of sp³-hybridized carbons (Fsp3) is 0.188. The highest BCUT2D eigenvalue weighted by atomic mass is 19.4. The van der Waals surface area contributed by atoms with Crippen LogP contribution in [0.4, 0.5) is 18.9 Å². The number of amides is 1. The molecule has 0 bridgehead atoms. The number of hydrogen-bond acceptors (Lipinski definition) is 3. The summed E-state index contributed by atoms with van der Waals surface area (Å²) in [6.45, 7) is 3.48. The largest absolute Gasteiger partial charge is 0.417 e. The van der Waals surface area contributed by atoms with Gasteiger partial charge in [0.25, 0.3) is 0 Å². The second kappa shape index (κ2) is 6.58. The first kappa shape index (κ1) is 17.3. The van der Waals surface area contributed by atoms with Crippen LogP contribution < -0.4 is 5.32 Å². The lowest BCUT2D eigenvalue weighted by Gasteiger charge is -2.11. The van der Waals surface area contributed by atoms with E-state index in [1.807, 2.05) is 6.92 Å². The van der Waals surface area contributed by atoms with Crippen molar-refractivity contribution < 1.29 is 18.0 Å². The summed E-state index contributed by atoms with van der Waals surface area (Å²) in [4.78, 5) is 11.9. The molecule has 1 aromatic heterocycles. The summed E-state index contributed by atoms with van der Waals surface area (Å²) >= 11 is 0. The van der Waals surface area contributed by atoms with E-state index in [-0.39, 0.29) is 5.69 Å². The van der Waals surface area contributed by atoms with Crippen LogP contribution in [0.3, 0.4) is 0 Å². The van der Waals surface area contributed by atoms with Crippen LogP contribution in [0.2, 0.25) is 0 Å². The molecule has 1 N–H and O–H groups in total. The van der Waals surface area contributed by atoms with Crippen LogP contribution in [-0.2, 0) is 11.0 Å². The third kappa shape index (κ3) is 4.01. The molecule has 24 heavy (non-hydrogen) atoms. The predicted octanol–water partition coefficient (Wildman–Crippen LogP) is 3.58. The maximum absolute atomic E-state index is 12.9. The highest BCUT2D eigenvalue weighted by Crippen LogP contribution is 2.33. The van der Waals surface area contributed by atoms with Gasteiger partial charge in [-0.1, -0.05) is 0 Å². The van der Waals surface area contributed by atoms with Crippen molar-refractivity contribution in [2.45, 2.75) is 20.0 Å². The van der Waals surface area contributed by atoms with Crippen molar-refractivity contribution in [3.63, 3.8) is 0 Å². The van der Waals surface area contributed by atoms with E-state index in [9.17, 15) is 18.0 Å². The molecule has 124 valence electrons. The number of aromatic nitrogens is 2. The normalized spacial score (nSPS) is 11.9. The minimum absolute atomic E-state index is 0.0491. The van der Waals surface area contributed by atoms with E-state index >= 15 is 0 Å². The molecule has 1 heterocycles. The Morgan fingerprint density at radius 1 is 1.42 bits per heavy atom. The number of nitriles is 1. The highest BCUT2D eigenvalue weighted by molar-refractivity contribution is 6.02. The van der Waals surface area contributed by atoms with Crippen LogP contribution in [0.5, 0.6) is 0 Å². The van der Waals surface area contributed by atoms with Gasteiger partial charge in [0.2, 0.25) is 5.91 Å². The van der Waals surface area contributed by atoms with Gasteiger partial charge in [-0.3, -0.25) is 4.79 Å². The Balaban J connectivity index is 2.22. The van der Waals surface area contributed by atoms with E-state index in [4.69, 9.17) is 5.26 Å². The van der Waals surface area contributed by atoms with E-state index in [2.05, 4.69) is 10.4 Å². The maximum atomic E-state index is 12.9. The number of nitrogens with zero attached hydrogens (tertiary/aromatic N) is 3. The number of alkyl halides is 3. The number of aryl methyl sites for hydroxylation is 1. The monoisotopic (exact) mass is 334 g/mol. The molecule has 8 heteroatoms. The number of carbonyl (C=O) groups excluding carboxylic acids is 1. The van der Waals surface area contributed by atoms with E-state index in [1.54, 1.807) is 19.3 Å². The Hall–Kier alpha value is -3.08. The number of nitrogens with one attached hydrogen (secondary N) is 1. The summed E-state index contributed by atoms with van der Waals surface area (Å²) in [6.07, 6.45) is -0.129. The average Bonchev–Trinajstić information content (AvgIpc) is 2.93. The first-order valence-electron chi connectivity index (χ1n) is 6.83. The van der Waals surface area contributed by atoms with Gasteiger partial charge in [-0.05, 0) is 37.6 Å². The zero-order chi connectivity index (χ0) is 17.9. The number of carbonyl (C=O) groups is 1. The molecule has 0 saturated heterocycles. The van der Waals surface area contributed by atoms with E-state index in [0.29, 0.717) is 5.70 Å². The van der Waals surface area contributed by atoms with Crippen LogP contribution in [0.15, 0.2) is 36.7 Å². The van der Waals surface area contributed by atoms with Gasteiger partial charge in [-0.2, -0.15) is 23.5 Å². The van der Waals surface area contributed by atoms with Gasteiger partial charge in [0, 0.05) is 23.7 Å². The number of halogens is 3. The summed E-state index contributed by atoms with van der Waals surface area (Å²) in [7, 11) is 0. The van der Waals surface area contributed by atoms with Crippen LogP contribution in [-0.4, -0.2) is 15.7 Å². The second-order valence-corrected chi connectivity index (χ2v) is 5.11. The van der Waals surface area contributed by atoms with Crippen LogP contribution in [0.25, 0.3) is 5.70 Å². The van der Waals surface area contributed by atoms with E-state index < -0.39 is 23.2 Å². The lowest BCUT2D eigenvalue weighted by molar-refractivity contribution is -0.137. The minimum Gasteiger partial charge on any atom is -0.322 e. The van der Waals surface area contributed by atoms with Crippen molar-refractivity contribution in [3.05, 3.63) is 53.4 Å². The van der Waals surface area contributed by atoms with Gasteiger partial charge in [0.15, 0.2) is 0 Å². The van der Waals surface area contributed by atoms with Gasteiger partial charge in [-0.15, -0.1) is 0 Å². The molecule has 2 rings (SSSR count). The van der Waals surface area contributed by atoms with Crippen molar-refractivity contribution in [1.29, 1.82) is 5.26 Å². The smallest absolute Gasteiger partial charge is 0.322 e. The fourth-order valence-corrected chi connectivity index (χ4v) is 1.99. The van der Waals surface area contributed by atoms with E-state index in [0.717, 1.165) is 17.7 Å². The molecule has 0 fully saturated rings. The Kier molecular flexibility index (Phi) is 4.74. The molecule has 5 nitrogen and oxygen atoms in total. The van der Waals surface area contributed by atoms with Crippen LogP contribution >= 0.6 is 0 Å². The fourth-order valence-electron chi connectivity index (χ4n) is 1.99. The molecule has 0 aliphatic rings. The van der Waals surface area contributed by atoms with E-state index in [1.165, 1.54) is 22.9 Å². The van der Waals surface area contributed by atoms with Crippen molar-refractivity contribution in [2.75, 3.05) is 5.32 Å². The zero-order valence-corrected chi connectivity index (χ0v) is 12.8. The Morgan fingerprint density at radius 3 is 2.67 bits per heavy atom. The molecule has 1 amide bonds. The molecule has 0 aliphatic heterocycles. The maximum Gasteiger partial charge on any atom is 0.417 e. The molecule has 0 unspecified atom stereocenters. The second-order valence-electron chi connectivity index (χ2n) is 5.11. The first-order valence-corrected chi connectivity index (χ1v) is 6.83. The molecule has 0 atom stereocenters. The Morgan fingerprint density at radius 2 is 2.12 bits per heavy atom. The highest BCUT2D eigenvalue weighted by Gasteiger charge is 2.33. The van der Waals surface area contributed by atoms with Crippen molar-refractivity contribution in [2.24, 2.45) is 0 Å². The summed E-state index contributed by atoms with van der Waals surface area (Å²) in [5.74, 6) is -0.599. The lowest BCUT2D eigenvalue weighted by atomic mass is 10.1. The van der Waals surface area contributed by atoms with Crippen molar-refractivity contribution >= 4 is 17.3 Å². The summed E-state index contributed by atoms with van der Waals surface area (Å²) in [5.41, 5.74) is -0.229. The van der Waals surface area contributed by atoms with Gasteiger partial charge in [-0.25, -0.2) is 4.68 Å². The molecule has 0 radical (unpaired) electrons. The number of allylic oxidation sites excluding steroid dienone is 1. The lowest BCUT2D eigenvalue weighted by Crippen LogP contribution is -2.13. The van der Waals surface area contributed by atoms with Gasteiger partial charge < -0.3 is 5.32 Å². The zero-order valence-electron chi connectivity index (χ0n) is 12.8. The first-order chi connectivity index (χ1) is 11.2. The molecular weight excluding hydrogens is 321 g/mol. The summed E-state index contributed by atoms with van der Waals surface area (Å²) < 4.78 is 40.2. The molecule has 2 aromatic rings. The summed E-state index contributed by atoms with van der Waals surface area (Å²) in [6, 6.07) is 4.48. The number of anilines is 1. The quantitative estimate of drug-likeness (QED) is 0.872. The number of benzene rings is 1. The number of hydrogen-bond donors (Lipinski definition) is 1. The third-order valence-electron chi connectivity index (χ3n) is 3.13. The van der Waals surface area contributed by atoms with Gasteiger partial charge in [0.05, 0.1) is 23.4 Å². The third-order valence-corrected chi connectivity index (χ3v) is 3.13. The SMILES string of the molecule is C/C(=C/C(=O)Nc1ccc(C#N)c(C(F)(F)F)c1)n1cc(C)cn1. The Bertz CT molecular complexity index is 844. The standard InChI is InChI=1S/C16H13F3N4O/c1-10-8-21-23(9-10)11(2)5-15(24)22-13-4-3-12(7-20)14(6-13)16(17,18)19/h3-6,8-9H,1-2H3,(H,22,24)/b11-5-.